The van der Waals surface area contributed by atoms with E-state index in [0.29, 0.717) is 11.8 Å². The number of rotatable bonds is 6. The lowest BCUT2D eigenvalue weighted by atomic mass is 9.91. The zero-order valence-electron chi connectivity index (χ0n) is 16.5. The van der Waals surface area contributed by atoms with Crippen molar-refractivity contribution in [3.63, 3.8) is 0 Å². The number of primary amides is 1. The smallest absolute Gasteiger partial charge is 0.254 e. The average molecular weight is 404 g/mol. The van der Waals surface area contributed by atoms with Crippen LogP contribution in [0.5, 0.6) is 0 Å². The minimum Gasteiger partial charge on any atom is -0.365 e. The first-order valence-electron chi connectivity index (χ1n) is 9.92. The molecule has 9 nitrogen and oxygen atoms in total. The Morgan fingerprint density at radius 3 is 2.53 bits per heavy atom. The van der Waals surface area contributed by atoms with Gasteiger partial charge in [-0.3, -0.25) is 14.8 Å². The predicted molar refractivity (Wildman–Crippen MR) is 115 cm³/mol. The van der Waals surface area contributed by atoms with Crippen LogP contribution in [0.2, 0.25) is 0 Å². The van der Waals surface area contributed by atoms with Gasteiger partial charge in [0.05, 0.1) is 11.9 Å². The third kappa shape index (κ3) is 4.52. The van der Waals surface area contributed by atoms with Gasteiger partial charge >= 0.3 is 0 Å². The number of benzene rings is 1. The van der Waals surface area contributed by atoms with Crippen molar-refractivity contribution in [2.75, 3.05) is 10.6 Å². The molecule has 154 valence electrons. The number of amides is 1. The minimum absolute atomic E-state index is 0.0585. The van der Waals surface area contributed by atoms with E-state index in [9.17, 15) is 4.79 Å². The Morgan fingerprint density at radius 2 is 1.83 bits per heavy atom. The van der Waals surface area contributed by atoms with Crippen LogP contribution in [0.4, 0.5) is 17.5 Å². The number of carbonyl (C=O) groups excluding carboxylic acids is 1. The number of carbonyl (C=O) groups is 1. The van der Waals surface area contributed by atoms with Gasteiger partial charge in [0.1, 0.15) is 11.4 Å². The van der Waals surface area contributed by atoms with Crippen LogP contribution in [0.1, 0.15) is 36.0 Å². The van der Waals surface area contributed by atoms with Gasteiger partial charge < -0.3 is 22.1 Å². The maximum atomic E-state index is 11.9. The highest BCUT2D eigenvalue weighted by atomic mass is 16.1. The summed E-state index contributed by atoms with van der Waals surface area (Å²) in [5, 5.41) is 6.46. The molecule has 1 amide bonds. The summed E-state index contributed by atoms with van der Waals surface area (Å²) in [4.78, 5) is 29.0. The van der Waals surface area contributed by atoms with Crippen LogP contribution in [0.25, 0.3) is 11.3 Å². The molecule has 0 saturated heterocycles. The molecule has 1 fully saturated rings. The summed E-state index contributed by atoms with van der Waals surface area (Å²) >= 11 is 0. The first-order chi connectivity index (χ1) is 14.6. The van der Waals surface area contributed by atoms with Crippen LogP contribution in [-0.2, 0) is 0 Å². The maximum Gasteiger partial charge on any atom is 0.254 e. The summed E-state index contributed by atoms with van der Waals surface area (Å²) in [6.07, 6.45) is 10.6. The fourth-order valence-corrected chi connectivity index (χ4v) is 3.54. The topological polar surface area (TPSA) is 145 Å². The number of aromatic nitrogens is 4. The first kappa shape index (κ1) is 19.7. The Morgan fingerprint density at radius 1 is 1.03 bits per heavy atom. The van der Waals surface area contributed by atoms with E-state index in [1.165, 1.54) is 6.20 Å². The molecule has 0 radical (unpaired) electrons. The Kier molecular flexibility index (Phi) is 5.80. The molecule has 2 atom stereocenters. The standard InChI is InChI=1S/C21H24N8O/c22-16-3-1-2-4-17(16)28-21-26-11-15(19(23)30)20(29-21)27-14-7-5-13(6-8-14)18-12-24-9-10-25-18/h5-12,16-17H,1-4,22H2,(H2,23,30)(H2,26,27,28,29)/t16-,17+/m0/s1. The van der Waals surface area contributed by atoms with Gasteiger partial charge in [0.25, 0.3) is 5.91 Å². The summed E-state index contributed by atoms with van der Waals surface area (Å²) in [6, 6.07) is 7.75. The molecule has 0 bridgehead atoms. The van der Waals surface area contributed by atoms with Gasteiger partial charge in [-0.25, -0.2) is 4.98 Å². The molecule has 1 aliphatic carbocycles. The summed E-state index contributed by atoms with van der Waals surface area (Å²) in [6.45, 7) is 0. The van der Waals surface area contributed by atoms with Gasteiger partial charge in [-0.15, -0.1) is 0 Å². The van der Waals surface area contributed by atoms with E-state index in [-0.39, 0.29) is 17.6 Å². The van der Waals surface area contributed by atoms with Crippen LogP contribution in [0, 0.1) is 0 Å². The number of hydrogen-bond donors (Lipinski definition) is 4. The molecule has 1 saturated carbocycles. The third-order valence-corrected chi connectivity index (χ3v) is 5.19. The van der Waals surface area contributed by atoms with Crippen molar-refractivity contribution < 1.29 is 4.79 Å². The Labute approximate surface area is 174 Å². The summed E-state index contributed by atoms with van der Waals surface area (Å²) in [5.74, 6) is 0.160. The minimum atomic E-state index is -0.602. The van der Waals surface area contributed by atoms with Crippen LogP contribution >= 0.6 is 0 Å². The maximum absolute atomic E-state index is 11.9. The fourth-order valence-electron chi connectivity index (χ4n) is 3.54. The second kappa shape index (κ2) is 8.83. The van der Waals surface area contributed by atoms with Crippen LogP contribution in [0.15, 0.2) is 49.1 Å². The molecule has 9 heteroatoms. The molecule has 4 rings (SSSR count). The SMILES string of the molecule is NC(=O)c1cnc(N[C@@H]2CCCC[C@@H]2N)nc1Nc1ccc(-c2cnccn2)cc1. The fraction of sp³-hybridized carbons (Fsp3) is 0.286. The van der Waals surface area contributed by atoms with Gasteiger partial charge in [0, 0.05) is 41.9 Å². The summed E-state index contributed by atoms with van der Waals surface area (Å²) < 4.78 is 0. The van der Waals surface area contributed by atoms with Gasteiger partial charge in [0.15, 0.2) is 0 Å². The lowest BCUT2D eigenvalue weighted by Gasteiger charge is -2.29. The van der Waals surface area contributed by atoms with E-state index in [0.717, 1.165) is 42.6 Å². The van der Waals surface area contributed by atoms with Crippen molar-refractivity contribution in [2.24, 2.45) is 11.5 Å². The van der Waals surface area contributed by atoms with E-state index in [1.807, 2.05) is 24.3 Å². The molecule has 6 N–H and O–H groups in total. The van der Waals surface area contributed by atoms with E-state index < -0.39 is 5.91 Å². The number of nitrogens with two attached hydrogens (primary N) is 2. The quantitative estimate of drug-likeness (QED) is 0.490. The summed E-state index contributed by atoms with van der Waals surface area (Å²) in [7, 11) is 0. The van der Waals surface area contributed by atoms with E-state index in [2.05, 4.69) is 30.6 Å². The molecule has 1 aromatic carbocycles. The third-order valence-electron chi connectivity index (χ3n) is 5.19. The zero-order chi connectivity index (χ0) is 20.9. The molecular formula is C21H24N8O. The van der Waals surface area contributed by atoms with Crippen LogP contribution in [-0.4, -0.2) is 37.9 Å². The van der Waals surface area contributed by atoms with E-state index in [4.69, 9.17) is 11.5 Å². The largest absolute Gasteiger partial charge is 0.365 e. The van der Waals surface area contributed by atoms with Crippen molar-refractivity contribution in [3.05, 3.63) is 54.6 Å². The number of nitrogens with one attached hydrogen (secondary N) is 2. The molecule has 1 aliphatic rings. The molecule has 3 aromatic rings. The van der Waals surface area contributed by atoms with Crippen LogP contribution < -0.4 is 22.1 Å². The highest BCUT2D eigenvalue weighted by Crippen LogP contribution is 2.24. The van der Waals surface area contributed by atoms with Crippen molar-refractivity contribution in [3.8, 4) is 11.3 Å². The van der Waals surface area contributed by atoms with Crippen molar-refractivity contribution in [1.82, 2.24) is 19.9 Å². The number of nitrogens with zero attached hydrogens (tertiary/aromatic N) is 4. The normalized spacial score (nSPS) is 18.6. The van der Waals surface area contributed by atoms with Crippen molar-refractivity contribution in [2.45, 2.75) is 37.8 Å². The Balaban J connectivity index is 1.55. The summed E-state index contributed by atoms with van der Waals surface area (Å²) in [5.41, 5.74) is 14.4. The lowest BCUT2D eigenvalue weighted by molar-refractivity contribution is 0.100. The monoisotopic (exact) mass is 404 g/mol. The second-order valence-electron chi connectivity index (χ2n) is 7.31. The molecule has 30 heavy (non-hydrogen) atoms. The highest BCUT2D eigenvalue weighted by molar-refractivity contribution is 5.98. The molecule has 0 aliphatic heterocycles. The lowest BCUT2D eigenvalue weighted by Crippen LogP contribution is -2.43. The van der Waals surface area contributed by atoms with E-state index in [1.54, 1.807) is 18.6 Å². The second-order valence-corrected chi connectivity index (χ2v) is 7.31. The van der Waals surface area contributed by atoms with Crippen molar-refractivity contribution >= 4 is 23.4 Å². The molecule has 2 aromatic heterocycles. The highest BCUT2D eigenvalue weighted by Gasteiger charge is 2.23. The first-order valence-corrected chi connectivity index (χ1v) is 9.92. The van der Waals surface area contributed by atoms with Crippen LogP contribution in [0.3, 0.4) is 0 Å². The molecule has 0 spiro atoms. The molecule has 2 heterocycles. The average Bonchev–Trinajstić information content (AvgIpc) is 2.76. The van der Waals surface area contributed by atoms with Gasteiger partial charge in [0.2, 0.25) is 5.95 Å². The Bertz CT molecular complexity index is 1010. The Hall–Kier alpha value is -3.59. The zero-order valence-corrected chi connectivity index (χ0v) is 16.5. The predicted octanol–water partition coefficient (Wildman–Crippen LogP) is 2.46. The number of anilines is 3. The van der Waals surface area contributed by atoms with Gasteiger partial charge in [-0.2, -0.15) is 4.98 Å². The molecule has 0 unspecified atom stereocenters. The van der Waals surface area contributed by atoms with E-state index >= 15 is 0 Å². The van der Waals surface area contributed by atoms with Gasteiger partial charge in [-0.05, 0) is 25.0 Å². The molecular weight excluding hydrogens is 380 g/mol. The van der Waals surface area contributed by atoms with Crippen molar-refractivity contribution in [1.29, 1.82) is 0 Å². The number of hydrogen-bond acceptors (Lipinski definition) is 8. The van der Waals surface area contributed by atoms with Gasteiger partial charge in [-0.1, -0.05) is 25.0 Å².